The lowest BCUT2D eigenvalue weighted by atomic mass is 9.95. The molecule has 5 heteroatoms. The Labute approximate surface area is 140 Å². The number of fused-ring (bicyclic) bond motifs is 1. The third kappa shape index (κ3) is 2.67. The molecule has 4 rings (SSSR count). The first kappa shape index (κ1) is 14.9. The van der Waals surface area contributed by atoms with E-state index in [0.717, 1.165) is 5.39 Å². The summed E-state index contributed by atoms with van der Waals surface area (Å²) in [5, 5.41) is 4.95. The van der Waals surface area contributed by atoms with E-state index in [1.165, 1.54) is 5.56 Å². The highest BCUT2D eigenvalue weighted by Gasteiger charge is 2.34. The molecule has 5 nitrogen and oxygen atoms in total. The standard InChI is InChI=1S/C19H19N3O2/c20-16-12-22(11-15(16)13-6-2-1-3-7-13)19(23)10-17-14-8-4-5-9-18(14)24-21-17/h1-9,15-16H,10-12,20H2/t15-,16+/m0/s1. The smallest absolute Gasteiger partial charge is 0.228 e. The van der Waals surface area contributed by atoms with Crippen LogP contribution in [0.4, 0.5) is 0 Å². The van der Waals surface area contributed by atoms with Crippen LogP contribution in [0.25, 0.3) is 11.0 Å². The fourth-order valence-electron chi connectivity index (χ4n) is 3.41. The minimum atomic E-state index is -0.0367. The number of aromatic nitrogens is 1. The second kappa shape index (κ2) is 6.09. The van der Waals surface area contributed by atoms with Crippen LogP contribution in [0.5, 0.6) is 0 Å². The summed E-state index contributed by atoms with van der Waals surface area (Å²) in [7, 11) is 0. The molecule has 2 aromatic carbocycles. The molecule has 1 saturated heterocycles. The molecule has 2 heterocycles. The lowest BCUT2D eigenvalue weighted by Crippen LogP contribution is -2.33. The Hall–Kier alpha value is -2.66. The molecule has 1 aliphatic heterocycles. The summed E-state index contributed by atoms with van der Waals surface area (Å²) in [6, 6.07) is 17.7. The average molecular weight is 321 g/mol. The summed E-state index contributed by atoms with van der Waals surface area (Å²) >= 11 is 0. The zero-order valence-corrected chi connectivity index (χ0v) is 13.3. The van der Waals surface area contributed by atoms with Gasteiger partial charge in [-0.25, -0.2) is 0 Å². The van der Waals surface area contributed by atoms with Crippen LogP contribution in [0, 0.1) is 0 Å². The fourth-order valence-corrected chi connectivity index (χ4v) is 3.41. The molecule has 0 bridgehead atoms. The maximum absolute atomic E-state index is 12.7. The van der Waals surface area contributed by atoms with Crippen molar-refractivity contribution in [3.8, 4) is 0 Å². The molecule has 3 aromatic rings. The van der Waals surface area contributed by atoms with Crippen LogP contribution in [0.3, 0.4) is 0 Å². The number of rotatable bonds is 3. The van der Waals surface area contributed by atoms with E-state index in [-0.39, 0.29) is 24.3 Å². The van der Waals surface area contributed by atoms with Gasteiger partial charge in [0.15, 0.2) is 5.58 Å². The van der Waals surface area contributed by atoms with Crippen molar-refractivity contribution in [3.05, 3.63) is 65.9 Å². The quantitative estimate of drug-likeness (QED) is 0.803. The van der Waals surface area contributed by atoms with Crippen LogP contribution in [-0.4, -0.2) is 35.1 Å². The number of nitrogens with two attached hydrogens (primary N) is 1. The van der Waals surface area contributed by atoms with Gasteiger partial charge in [0, 0.05) is 30.4 Å². The molecule has 0 radical (unpaired) electrons. The van der Waals surface area contributed by atoms with E-state index in [4.69, 9.17) is 10.3 Å². The van der Waals surface area contributed by atoms with Crippen molar-refractivity contribution in [3.63, 3.8) is 0 Å². The fraction of sp³-hybridized carbons (Fsp3) is 0.263. The van der Waals surface area contributed by atoms with E-state index in [0.29, 0.717) is 24.4 Å². The molecular weight excluding hydrogens is 302 g/mol. The van der Waals surface area contributed by atoms with Crippen molar-refractivity contribution in [1.82, 2.24) is 10.1 Å². The third-order valence-electron chi connectivity index (χ3n) is 4.72. The number of amides is 1. The Bertz CT molecular complexity index is 859. The SMILES string of the molecule is N[C@@H]1CN(C(=O)Cc2noc3ccccc23)C[C@H]1c1ccccc1. The molecule has 1 amide bonds. The Balaban J connectivity index is 1.49. The van der Waals surface area contributed by atoms with Gasteiger partial charge in [0.25, 0.3) is 0 Å². The summed E-state index contributed by atoms with van der Waals surface area (Å²) in [6.45, 7) is 1.23. The minimum absolute atomic E-state index is 0.0367. The lowest BCUT2D eigenvalue weighted by Gasteiger charge is -2.16. The van der Waals surface area contributed by atoms with Crippen molar-refractivity contribution >= 4 is 16.9 Å². The van der Waals surface area contributed by atoms with Crippen molar-refractivity contribution < 1.29 is 9.32 Å². The van der Waals surface area contributed by atoms with E-state index in [1.54, 1.807) is 0 Å². The van der Waals surface area contributed by atoms with Gasteiger partial charge in [-0.05, 0) is 17.7 Å². The topological polar surface area (TPSA) is 72.4 Å². The summed E-state index contributed by atoms with van der Waals surface area (Å²) < 4.78 is 5.28. The zero-order chi connectivity index (χ0) is 16.5. The van der Waals surface area contributed by atoms with Crippen molar-refractivity contribution in [1.29, 1.82) is 0 Å². The molecule has 1 aromatic heterocycles. The second-order valence-electron chi connectivity index (χ2n) is 6.28. The van der Waals surface area contributed by atoms with Crippen molar-refractivity contribution in [2.45, 2.75) is 18.4 Å². The van der Waals surface area contributed by atoms with Gasteiger partial charge in [-0.2, -0.15) is 0 Å². The highest BCUT2D eigenvalue weighted by Crippen LogP contribution is 2.27. The van der Waals surface area contributed by atoms with Gasteiger partial charge < -0.3 is 15.2 Å². The highest BCUT2D eigenvalue weighted by molar-refractivity contribution is 5.86. The first-order chi connectivity index (χ1) is 11.7. The summed E-state index contributed by atoms with van der Waals surface area (Å²) in [6.07, 6.45) is 0.241. The summed E-state index contributed by atoms with van der Waals surface area (Å²) in [5.74, 6) is 0.229. The van der Waals surface area contributed by atoms with E-state index in [2.05, 4.69) is 17.3 Å². The van der Waals surface area contributed by atoms with Crippen LogP contribution < -0.4 is 5.73 Å². The largest absolute Gasteiger partial charge is 0.356 e. The molecule has 1 fully saturated rings. The van der Waals surface area contributed by atoms with Crippen molar-refractivity contribution in [2.24, 2.45) is 5.73 Å². The summed E-state index contributed by atoms with van der Waals surface area (Å²) in [4.78, 5) is 14.5. The van der Waals surface area contributed by atoms with E-state index < -0.39 is 0 Å². The number of hydrogen-bond donors (Lipinski definition) is 1. The van der Waals surface area contributed by atoms with E-state index >= 15 is 0 Å². The van der Waals surface area contributed by atoms with Gasteiger partial charge in [-0.15, -0.1) is 0 Å². The predicted octanol–water partition coefficient (Wildman–Crippen LogP) is 2.32. The predicted molar refractivity (Wildman–Crippen MR) is 91.5 cm³/mol. The average Bonchev–Trinajstić information content (AvgIpc) is 3.20. The number of benzene rings is 2. The number of carbonyl (C=O) groups excluding carboxylic acids is 1. The highest BCUT2D eigenvalue weighted by atomic mass is 16.5. The zero-order valence-electron chi connectivity index (χ0n) is 13.3. The molecule has 24 heavy (non-hydrogen) atoms. The Kier molecular flexibility index (Phi) is 3.78. The number of carbonyl (C=O) groups is 1. The van der Waals surface area contributed by atoms with Crippen LogP contribution in [0.1, 0.15) is 17.2 Å². The molecule has 0 saturated carbocycles. The molecule has 1 aliphatic rings. The molecule has 2 atom stereocenters. The first-order valence-electron chi connectivity index (χ1n) is 8.14. The number of likely N-dealkylation sites (tertiary alicyclic amines) is 1. The van der Waals surface area contributed by atoms with Gasteiger partial charge in [0.2, 0.25) is 5.91 Å². The van der Waals surface area contributed by atoms with Gasteiger partial charge >= 0.3 is 0 Å². The van der Waals surface area contributed by atoms with Gasteiger partial charge in [-0.1, -0.05) is 47.6 Å². The van der Waals surface area contributed by atoms with Crippen molar-refractivity contribution in [2.75, 3.05) is 13.1 Å². The molecule has 0 spiro atoms. The monoisotopic (exact) mass is 321 g/mol. The molecule has 0 unspecified atom stereocenters. The Morgan fingerprint density at radius 3 is 2.71 bits per heavy atom. The van der Waals surface area contributed by atoms with Crippen LogP contribution in [0.2, 0.25) is 0 Å². The molecule has 2 N–H and O–H groups in total. The van der Waals surface area contributed by atoms with Gasteiger partial charge in [-0.3, -0.25) is 4.79 Å². The number of para-hydroxylation sites is 1. The van der Waals surface area contributed by atoms with Crippen LogP contribution >= 0.6 is 0 Å². The third-order valence-corrected chi connectivity index (χ3v) is 4.72. The second-order valence-corrected chi connectivity index (χ2v) is 6.28. The van der Waals surface area contributed by atoms with Gasteiger partial charge in [0.05, 0.1) is 6.42 Å². The molecule has 0 aliphatic carbocycles. The van der Waals surface area contributed by atoms with E-state index in [1.807, 2.05) is 47.4 Å². The summed E-state index contributed by atoms with van der Waals surface area (Å²) in [5.41, 5.74) is 8.86. The lowest BCUT2D eigenvalue weighted by molar-refractivity contribution is -0.129. The number of hydrogen-bond acceptors (Lipinski definition) is 4. The normalized spacial score (nSPS) is 20.6. The molecular formula is C19H19N3O2. The maximum atomic E-state index is 12.7. The van der Waals surface area contributed by atoms with E-state index in [9.17, 15) is 4.79 Å². The Morgan fingerprint density at radius 1 is 1.12 bits per heavy atom. The first-order valence-corrected chi connectivity index (χ1v) is 8.14. The van der Waals surface area contributed by atoms with Gasteiger partial charge in [0.1, 0.15) is 5.69 Å². The Morgan fingerprint density at radius 2 is 1.88 bits per heavy atom. The minimum Gasteiger partial charge on any atom is -0.356 e. The van der Waals surface area contributed by atoms with Crippen LogP contribution in [0.15, 0.2) is 59.1 Å². The maximum Gasteiger partial charge on any atom is 0.228 e. The molecule has 122 valence electrons. The number of nitrogens with zero attached hydrogens (tertiary/aromatic N) is 2. The van der Waals surface area contributed by atoms with Crippen LogP contribution in [-0.2, 0) is 11.2 Å².